The molecule has 0 bridgehead atoms. The standard InChI is InChI=1S/C17H15NO/c1-2-6-16-15(4-1)5-3-7-17(16)19-13-10-14-8-11-18-12-9-14/h1-9,11-12H,10,13H2. The van der Waals surface area contributed by atoms with Gasteiger partial charge in [-0.25, -0.2) is 0 Å². The van der Waals surface area contributed by atoms with Gasteiger partial charge in [0.15, 0.2) is 0 Å². The molecule has 0 saturated carbocycles. The maximum atomic E-state index is 5.90. The van der Waals surface area contributed by atoms with Crippen LogP contribution in [0.3, 0.4) is 0 Å². The molecular weight excluding hydrogens is 234 g/mol. The zero-order valence-corrected chi connectivity index (χ0v) is 10.6. The first-order valence-electron chi connectivity index (χ1n) is 6.43. The zero-order chi connectivity index (χ0) is 12.9. The number of hydrogen-bond donors (Lipinski definition) is 0. The highest BCUT2D eigenvalue weighted by atomic mass is 16.5. The Kier molecular flexibility index (Phi) is 3.41. The van der Waals surface area contributed by atoms with Gasteiger partial charge in [0.2, 0.25) is 0 Å². The van der Waals surface area contributed by atoms with E-state index in [4.69, 9.17) is 4.74 Å². The first-order chi connectivity index (χ1) is 9.43. The number of fused-ring (bicyclic) bond motifs is 1. The van der Waals surface area contributed by atoms with Crippen LogP contribution in [0.2, 0.25) is 0 Å². The third-order valence-corrected chi connectivity index (χ3v) is 3.15. The molecule has 0 unspecified atom stereocenters. The van der Waals surface area contributed by atoms with Gasteiger partial charge in [-0.1, -0.05) is 36.4 Å². The van der Waals surface area contributed by atoms with Crippen molar-refractivity contribution in [1.82, 2.24) is 4.98 Å². The average molecular weight is 249 g/mol. The lowest BCUT2D eigenvalue weighted by Crippen LogP contribution is -2.01. The number of nitrogens with zero attached hydrogens (tertiary/aromatic N) is 1. The second-order valence-electron chi connectivity index (χ2n) is 4.43. The average Bonchev–Trinajstić information content (AvgIpc) is 2.49. The van der Waals surface area contributed by atoms with Crippen LogP contribution in [0.4, 0.5) is 0 Å². The van der Waals surface area contributed by atoms with Crippen LogP contribution in [0.15, 0.2) is 67.0 Å². The van der Waals surface area contributed by atoms with E-state index in [-0.39, 0.29) is 0 Å². The van der Waals surface area contributed by atoms with E-state index in [2.05, 4.69) is 23.2 Å². The summed E-state index contributed by atoms with van der Waals surface area (Å²) in [7, 11) is 0. The Bertz CT molecular complexity index is 659. The largest absolute Gasteiger partial charge is 0.493 e. The summed E-state index contributed by atoms with van der Waals surface area (Å²) in [5.41, 5.74) is 1.25. The van der Waals surface area contributed by atoms with Crippen molar-refractivity contribution in [2.24, 2.45) is 0 Å². The number of ether oxygens (including phenoxy) is 1. The van der Waals surface area contributed by atoms with Crippen LogP contribution >= 0.6 is 0 Å². The normalized spacial score (nSPS) is 10.5. The minimum Gasteiger partial charge on any atom is -0.493 e. The van der Waals surface area contributed by atoms with Crippen LogP contribution in [0, 0.1) is 0 Å². The summed E-state index contributed by atoms with van der Waals surface area (Å²) in [6, 6.07) is 18.5. The minimum atomic E-state index is 0.679. The molecular formula is C17H15NO. The lowest BCUT2D eigenvalue weighted by atomic mass is 10.1. The second kappa shape index (κ2) is 5.53. The maximum absolute atomic E-state index is 5.90. The molecule has 0 spiro atoms. The summed E-state index contributed by atoms with van der Waals surface area (Å²) in [5, 5.41) is 2.38. The Morgan fingerprint density at radius 3 is 2.53 bits per heavy atom. The molecule has 3 rings (SSSR count). The van der Waals surface area contributed by atoms with Crippen LogP contribution in [-0.2, 0) is 6.42 Å². The van der Waals surface area contributed by atoms with Gasteiger partial charge in [0.1, 0.15) is 5.75 Å². The van der Waals surface area contributed by atoms with E-state index in [0.717, 1.165) is 12.2 Å². The van der Waals surface area contributed by atoms with Gasteiger partial charge in [-0.15, -0.1) is 0 Å². The van der Waals surface area contributed by atoms with Crippen molar-refractivity contribution < 1.29 is 4.74 Å². The van der Waals surface area contributed by atoms with Crippen molar-refractivity contribution in [3.8, 4) is 5.75 Å². The number of aromatic nitrogens is 1. The molecule has 94 valence electrons. The molecule has 0 aliphatic heterocycles. The SMILES string of the molecule is c1ccc2c(OCCc3ccncc3)cccc2c1. The van der Waals surface area contributed by atoms with Crippen molar-refractivity contribution in [1.29, 1.82) is 0 Å². The summed E-state index contributed by atoms with van der Waals surface area (Å²) >= 11 is 0. The van der Waals surface area contributed by atoms with Crippen molar-refractivity contribution in [2.75, 3.05) is 6.61 Å². The molecule has 2 heteroatoms. The summed E-state index contributed by atoms with van der Waals surface area (Å²) < 4.78 is 5.90. The quantitative estimate of drug-likeness (QED) is 0.700. The molecule has 0 aliphatic rings. The van der Waals surface area contributed by atoms with Crippen molar-refractivity contribution in [3.05, 3.63) is 72.6 Å². The fourth-order valence-corrected chi connectivity index (χ4v) is 2.15. The molecule has 2 nitrogen and oxygen atoms in total. The van der Waals surface area contributed by atoms with Crippen molar-refractivity contribution in [2.45, 2.75) is 6.42 Å². The predicted molar refractivity (Wildman–Crippen MR) is 77.4 cm³/mol. The summed E-state index contributed by atoms with van der Waals surface area (Å²) in [6.07, 6.45) is 4.52. The van der Waals surface area contributed by atoms with Gasteiger partial charge in [0.25, 0.3) is 0 Å². The Hall–Kier alpha value is -2.35. The molecule has 0 amide bonds. The third-order valence-electron chi connectivity index (χ3n) is 3.15. The number of hydrogen-bond acceptors (Lipinski definition) is 2. The second-order valence-corrected chi connectivity index (χ2v) is 4.43. The van der Waals surface area contributed by atoms with E-state index in [1.54, 1.807) is 0 Å². The Morgan fingerprint density at radius 1 is 0.842 bits per heavy atom. The van der Waals surface area contributed by atoms with Gasteiger partial charge in [0, 0.05) is 24.2 Å². The van der Waals surface area contributed by atoms with Crippen LogP contribution in [0.1, 0.15) is 5.56 Å². The van der Waals surface area contributed by atoms with E-state index in [1.807, 2.05) is 48.8 Å². The van der Waals surface area contributed by atoms with E-state index in [1.165, 1.54) is 16.3 Å². The summed E-state index contributed by atoms with van der Waals surface area (Å²) in [5.74, 6) is 0.951. The van der Waals surface area contributed by atoms with Gasteiger partial charge in [-0.3, -0.25) is 4.98 Å². The molecule has 1 aromatic heterocycles. The van der Waals surface area contributed by atoms with Crippen molar-refractivity contribution in [3.63, 3.8) is 0 Å². The van der Waals surface area contributed by atoms with Crippen LogP contribution < -0.4 is 4.74 Å². The molecule has 19 heavy (non-hydrogen) atoms. The van der Waals surface area contributed by atoms with Crippen molar-refractivity contribution >= 4 is 10.8 Å². The number of pyridine rings is 1. The molecule has 0 radical (unpaired) electrons. The topological polar surface area (TPSA) is 22.1 Å². The first-order valence-corrected chi connectivity index (χ1v) is 6.43. The van der Waals surface area contributed by atoms with E-state index in [0.29, 0.717) is 6.61 Å². The predicted octanol–water partition coefficient (Wildman–Crippen LogP) is 3.86. The van der Waals surface area contributed by atoms with Gasteiger partial charge in [0.05, 0.1) is 6.61 Å². The third kappa shape index (κ3) is 2.74. The molecule has 1 heterocycles. The highest BCUT2D eigenvalue weighted by molar-refractivity contribution is 5.88. The lowest BCUT2D eigenvalue weighted by Gasteiger charge is -2.09. The molecule has 0 atom stereocenters. The fourth-order valence-electron chi connectivity index (χ4n) is 2.15. The highest BCUT2D eigenvalue weighted by Crippen LogP contribution is 2.25. The Morgan fingerprint density at radius 2 is 1.63 bits per heavy atom. The highest BCUT2D eigenvalue weighted by Gasteiger charge is 2.01. The zero-order valence-electron chi connectivity index (χ0n) is 10.6. The van der Waals surface area contributed by atoms with Crippen LogP contribution in [0.25, 0.3) is 10.8 Å². The summed E-state index contributed by atoms with van der Waals surface area (Å²) in [4.78, 5) is 4.01. The molecule has 0 saturated heterocycles. The molecule has 0 fully saturated rings. The van der Waals surface area contributed by atoms with Crippen LogP contribution in [-0.4, -0.2) is 11.6 Å². The smallest absolute Gasteiger partial charge is 0.127 e. The fraction of sp³-hybridized carbons (Fsp3) is 0.118. The van der Waals surface area contributed by atoms with Gasteiger partial charge in [-0.2, -0.15) is 0 Å². The number of benzene rings is 2. The van der Waals surface area contributed by atoms with Crippen LogP contribution in [0.5, 0.6) is 5.75 Å². The van der Waals surface area contributed by atoms with Gasteiger partial charge < -0.3 is 4.74 Å². The molecule has 0 aliphatic carbocycles. The minimum absolute atomic E-state index is 0.679. The lowest BCUT2D eigenvalue weighted by molar-refractivity contribution is 0.326. The monoisotopic (exact) mass is 249 g/mol. The Labute approximate surface area is 112 Å². The maximum Gasteiger partial charge on any atom is 0.127 e. The van der Waals surface area contributed by atoms with Gasteiger partial charge in [-0.05, 0) is 29.1 Å². The van der Waals surface area contributed by atoms with E-state index in [9.17, 15) is 0 Å². The summed E-state index contributed by atoms with van der Waals surface area (Å²) in [6.45, 7) is 0.679. The van der Waals surface area contributed by atoms with Gasteiger partial charge >= 0.3 is 0 Å². The Balaban J connectivity index is 1.72. The van der Waals surface area contributed by atoms with E-state index >= 15 is 0 Å². The molecule has 3 aromatic rings. The first kappa shape index (κ1) is 11.7. The van der Waals surface area contributed by atoms with E-state index < -0.39 is 0 Å². The number of rotatable bonds is 4. The molecule has 0 N–H and O–H groups in total. The molecule has 2 aromatic carbocycles.